The lowest BCUT2D eigenvalue weighted by molar-refractivity contribution is 0.0601. The number of aryl methyl sites for hydroxylation is 2. The number of esters is 1. The third-order valence-corrected chi connectivity index (χ3v) is 3.43. The minimum Gasteiger partial charge on any atom is -0.465 e. The molecule has 1 aromatic heterocycles. The molecule has 5 nitrogen and oxygen atoms in total. The van der Waals surface area contributed by atoms with Crippen molar-refractivity contribution in [3.63, 3.8) is 0 Å². The molecule has 0 saturated heterocycles. The molecule has 2 rings (SSSR count). The summed E-state index contributed by atoms with van der Waals surface area (Å²) >= 11 is 0. The van der Waals surface area contributed by atoms with Crippen LogP contribution in [-0.2, 0) is 4.74 Å². The van der Waals surface area contributed by atoms with Gasteiger partial charge in [-0.15, -0.1) is 0 Å². The number of aromatic nitrogens is 1. The van der Waals surface area contributed by atoms with Gasteiger partial charge in [-0.3, -0.25) is 0 Å². The van der Waals surface area contributed by atoms with E-state index in [0.29, 0.717) is 5.75 Å². The van der Waals surface area contributed by atoms with Crippen molar-refractivity contribution in [3.05, 3.63) is 46.6 Å². The van der Waals surface area contributed by atoms with E-state index in [-0.39, 0.29) is 17.1 Å². The first-order valence-corrected chi connectivity index (χ1v) is 6.53. The Kier molecular flexibility index (Phi) is 4.12. The van der Waals surface area contributed by atoms with E-state index in [4.69, 9.17) is 10.5 Å². The van der Waals surface area contributed by atoms with Crippen LogP contribution in [0.15, 0.2) is 24.4 Å². The van der Waals surface area contributed by atoms with E-state index in [0.717, 1.165) is 16.7 Å². The summed E-state index contributed by atoms with van der Waals surface area (Å²) in [5, 5.41) is 0. The topological polar surface area (TPSA) is 74.4 Å². The SMILES string of the molecule is COC(=O)c1ccnc(Oc2c(C)ccc(C)c2C)c1N. The molecule has 21 heavy (non-hydrogen) atoms. The highest BCUT2D eigenvalue weighted by molar-refractivity contribution is 5.96. The Hall–Kier alpha value is -2.56. The van der Waals surface area contributed by atoms with Crippen molar-refractivity contribution in [1.29, 1.82) is 0 Å². The first-order valence-electron chi connectivity index (χ1n) is 6.53. The third kappa shape index (κ3) is 2.81. The summed E-state index contributed by atoms with van der Waals surface area (Å²) in [5.41, 5.74) is 9.47. The summed E-state index contributed by atoms with van der Waals surface area (Å²) in [6, 6.07) is 5.50. The highest BCUT2D eigenvalue weighted by Gasteiger charge is 2.17. The Morgan fingerprint density at radius 2 is 1.81 bits per heavy atom. The van der Waals surface area contributed by atoms with Crippen molar-refractivity contribution in [1.82, 2.24) is 4.98 Å². The number of nitrogens with two attached hydrogens (primary N) is 1. The zero-order valence-electron chi connectivity index (χ0n) is 12.6. The molecule has 0 unspecified atom stereocenters. The summed E-state index contributed by atoms with van der Waals surface area (Å²) in [5.74, 6) is 0.392. The lowest BCUT2D eigenvalue weighted by atomic mass is 10.1. The lowest BCUT2D eigenvalue weighted by Crippen LogP contribution is -2.08. The number of pyridine rings is 1. The van der Waals surface area contributed by atoms with E-state index in [2.05, 4.69) is 9.72 Å². The lowest BCUT2D eigenvalue weighted by Gasteiger charge is -2.15. The van der Waals surface area contributed by atoms with Gasteiger partial charge in [0.05, 0.1) is 12.7 Å². The fraction of sp³-hybridized carbons (Fsp3) is 0.250. The molecule has 2 N–H and O–H groups in total. The minimum absolute atomic E-state index is 0.171. The third-order valence-electron chi connectivity index (χ3n) is 3.43. The van der Waals surface area contributed by atoms with Gasteiger partial charge in [-0.25, -0.2) is 9.78 Å². The number of methoxy groups -OCH3 is 1. The summed E-state index contributed by atoms with van der Waals surface area (Å²) < 4.78 is 10.5. The van der Waals surface area contributed by atoms with Gasteiger partial charge in [0.15, 0.2) is 0 Å². The smallest absolute Gasteiger partial charge is 0.340 e. The molecule has 0 aliphatic rings. The van der Waals surface area contributed by atoms with Gasteiger partial charge in [-0.1, -0.05) is 12.1 Å². The maximum absolute atomic E-state index is 11.6. The molecule has 0 saturated carbocycles. The Morgan fingerprint density at radius 1 is 1.14 bits per heavy atom. The first kappa shape index (κ1) is 14.8. The maximum atomic E-state index is 11.6. The zero-order valence-corrected chi connectivity index (χ0v) is 12.6. The molecule has 1 heterocycles. The Morgan fingerprint density at radius 3 is 2.48 bits per heavy atom. The van der Waals surface area contributed by atoms with Crippen LogP contribution in [0.2, 0.25) is 0 Å². The molecule has 0 atom stereocenters. The first-order chi connectivity index (χ1) is 9.95. The number of nitrogens with zero attached hydrogens (tertiary/aromatic N) is 1. The van der Waals surface area contributed by atoms with Gasteiger partial charge in [0.2, 0.25) is 5.88 Å². The summed E-state index contributed by atoms with van der Waals surface area (Å²) in [6.45, 7) is 5.92. The van der Waals surface area contributed by atoms with Gasteiger partial charge in [-0.05, 0) is 43.5 Å². The van der Waals surface area contributed by atoms with Crippen LogP contribution in [0.5, 0.6) is 11.6 Å². The van der Waals surface area contributed by atoms with Crippen LogP contribution in [0.3, 0.4) is 0 Å². The van der Waals surface area contributed by atoms with Gasteiger partial charge in [-0.2, -0.15) is 0 Å². The monoisotopic (exact) mass is 286 g/mol. The minimum atomic E-state index is -0.516. The van der Waals surface area contributed by atoms with E-state index >= 15 is 0 Å². The predicted octanol–water partition coefficient (Wildman–Crippen LogP) is 3.17. The summed E-state index contributed by atoms with van der Waals surface area (Å²) in [7, 11) is 1.30. The summed E-state index contributed by atoms with van der Waals surface area (Å²) in [4.78, 5) is 15.7. The van der Waals surface area contributed by atoms with Crippen LogP contribution < -0.4 is 10.5 Å². The fourth-order valence-electron chi connectivity index (χ4n) is 2.00. The molecule has 110 valence electrons. The number of hydrogen-bond acceptors (Lipinski definition) is 5. The molecule has 2 aromatic rings. The van der Waals surface area contributed by atoms with Crippen LogP contribution in [0.4, 0.5) is 5.69 Å². The number of benzene rings is 1. The summed E-state index contributed by atoms with van der Waals surface area (Å²) in [6.07, 6.45) is 1.47. The normalized spacial score (nSPS) is 10.3. The predicted molar refractivity (Wildman–Crippen MR) is 80.7 cm³/mol. The standard InChI is InChI=1S/C16H18N2O3/c1-9-5-6-10(2)14(11(9)3)21-15-13(17)12(7-8-18-15)16(19)20-4/h5-8H,17H2,1-4H3. The van der Waals surface area contributed by atoms with E-state index in [9.17, 15) is 4.79 Å². The van der Waals surface area contributed by atoms with Crippen LogP contribution in [0.25, 0.3) is 0 Å². The van der Waals surface area contributed by atoms with Gasteiger partial charge in [0, 0.05) is 6.20 Å². The van der Waals surface area contributed by atoms with E-state index in [1.807, 2.05) is 32.9 Å². The van der Waals surface area contributed by atoms with Crippen molar-refractivity contribution in [2.75, 3.05) is 12.8 Å². The fourth-order valence-corrected chi connectivity index (χ4v) is 2.00. The van der Waals surface area contributed by atoms with Crippen molar-refractivity contribution in [2.45, 2.75) is 20.8 Å². The van der Waals surface area contributed by atoms with Gasteiger partial charge < -0.3 is 15.2 Å². The molecular formula is C16H18N2O3. The molecule has 0 aliphatic heterocycles. The zero-order chi connectivity index (χ0) is 15.6. The van der Waals surface area contributed by atoms with Crippen molar-refractivity contribution >= 4 is 11.7 Å². The number of anilines is 1. The maximum Gasteiger partial charge on any atom is 0.340 e. The Labute approximate surface area is 123 Å². The van der Waals surface area contributed by atoms with Crippen molar-refractivity contribution in [2.24, 2.45) is 0 Å². The number of rotatable bonds is 3. The van der Waals surface area contributed by atoms with Gasteiger partial charge >= 0.3 is 5.97 Å². The molecule has 5 heteroatoms. The molecule has 0 bridgehead atoms. The van der Waals surface area contributed by atoms with Gasteiger partial charge in [0.25, 0.3) is 0 Å². The number of ether oxygens (including phenoxy) is 2. The molecule has 1 aromatic carbocycles. The molecule has 0 aliphatic carbocycles. The van der Waals surface area contributed by atoms with Crippen LogP contribution in [-0.4, -0.2) is 18.1 Å². The van der Waals surface area contributed by atoms with Crippen molar-refractivity contribution < 1.29 is 14.3 Å². The highest BCUT2D eigenvalue weighted by Crippen LogP contribution is 2.33. The number of hydrogen-bond donors (Lipinski definition) is 1. The quantitative estimate of drug-likeness (QED) is 0.877. The van der Waals surface area contributed by atoms with E-state index < -0.39 is 5.97 Å². The van der Waals surface area contributed by atoms with Gasteiger partial charge in [0.1, 0.15) is 11.4 Å². The Bertz CT molecular complexity index is 696. The van der Waals surface area contributed by atoms with Crippen LogP contribution in [0, 0.1) is 20.8 Å². The second kappa shape index (κ2) is 5.83. The molecule has 0 radical (unpaired) electrons. The molecule has 0 spiro atoms. The highest BCUT2D eigenvalue weighted by atomic mass is 16.5. The molecule has 0 fully saturated rings. The van der Waals surface area contributed by atoms with Crippen LogP contribution >= 0.6 is 0 Å². The Balaban J connectivity index is 2.46. The average molecular weight is 286 g/mol. The molecule has 0 amide bonds. The van der Waals surface area contributed by atoms with E-state index in [1.54, 1.807) is 0 Å². The second-order valence-corrected chi connectivity index (χ2v) is 4.82. The molecular weight excluding hydrogens is 268 g/mol. The largest absolute Gasteiger partial charge is 0.465 e. The second-order valence-electron chi connectivity index (χ2n) is 4.82. The van der Waals surface area contributed by atoms with E-state index in [1.165, 1.54) is 19.4 Å². The number of nitrogen functional groups attached to an aromatic ring is 1. The van der Waals surface area contributed by atoms with Crippen molar-refractivity contribution in [3.8, 4) is 11.6 Å². The number of carbonyl (C=O) groups excluding carboxylic acids is 1. The number of carbonyl (C=O) groups is 1. The average Bonchev–Trinajstić information content (AvgIpc) is 2.48. The van der Waals surface area contributed by atoms with Crippen LogP contribution in [0.1, 0.15) is 27.0 Å².